The number of hydrogen-bond donors (Lipinski definition) is 0. The van der Waals surface area contributed by atoms with Gasteiger partial charge in [0.05, 0.1) is 16.9 Å². The van der Waals surface area contributed by atoms with Crippen LogP contribution in [0, 0.1) is 0 Å². The minimum Gasteiger partial charge on any atom is -0.255 e. The van der Waals surface area contributed by atoms with Gasteiger partial charge in [-0.25, -0.2) is 4.52 Å². The lowest BCUT2D eigenvalue weighted by molar-refractivity contribution is 0.972. The molecule has 0 bridgehead atoms. The minimum absolute atomic E-state index is 0.889. The van der Waals surface area contributed by atoms with Crippen LogP contribution < -0.4 is 0 Å². The molecule has 0 N–H and O–H groups in total. The van der Waals surface area contributed by atoms with Crippen LogP contribution in [0.15, 0.2) is 164 Å². The average Bonchev–Trinajstić information content (AvgIpc) is 3.52. The lowest BCUT2D eigenvalue weighted by atomic mass is 9.91. The molecule has 3 aromatic heterocycles. The lowest BCUT2D eigenvalue weighted by Crippen LogP contribution is -1.97. The van der Waals surface area contributed by atoms with E-state index in [0.717, 1.165) is 50.1 Å². The van der Waals surface area contributed by atoms with E-state index in [9.17, 15) is 0 Å². The number of rotatable bonds is 4. The third-order valence-corrected chi connectivity index (χ3v) is 8.83. The first-order chi connectivity index (χ1) is 22.3. The molecule has 45 heavy (non-hydrogen) atoms. The molecule has 3 heteroatoms. The summed E-state index contributed by atoms with van der Waals surface area (Å²) < 4.78 is 2.09. The predicted octanol–water partition coefficient (Wildman–Crippen LogP) is 10.9. The molecule has 0 saturated heterocycles. The Bertz CT molecular complexity index is 2460. The second kappa shape index (κ2) is 10.3. The maximum absolute atomic E-state index is 5.36. The van der Waals surface area contributed by atoms with Crippen LogP contribution in [0.3, 0.4) is 0 Å². The summed E-state index contributed by atoms with van der Waals surface area (Å²) in [7, 11) is 0. The van der Waals surface area contributed by atoms with Gasteiger partial charge in [0.15, 0.2) is 0 Å². The zero-order valence-corrected chi connectivity index (χ0v) is 24.4. The van der Waals surface area contributed by atoms with Crippen molar-refractivity contribution in [3.63, 3.8) is 0 Å². The number of benzene rings is 6. The van der Waals surface area contributed by atoms with Gasteiger partial charge in [0, 0.05) is 22.7 Å². The highest BCUT2D eigenvalue weighted by Gasteiger charge is 2.22. The number of nitrogens with zero attached hydrogens (tertiary/aromatic N) is 3. The van der Waals surface area contributed by atoms with E-state index in [1.165, 1.54) is 32.7 Å². The van der Waals surface area contributed by atoms with Crippen molar-refractivity contribution in [1.82, 2.24) is 14.6 Å². The van der Waals surface area contributed by atoms with Gasteiger partial charge in [-0.1, -0.05) is 133 Å². The van der Waals surface area contributed by atoms with Gasteiger partial charge in [-0.05, 0) is 67.9 Å². The molecular weight excluding hydrogens is 546 g/mol. The second-order valence-electron chi connectivity index (χ2n) is 11.5. The lowest BCUT2D eigenvalue weighted by Gasteiger charge is -2.13. The van der Waals surface area contributed by atoms with Crippen molar-refractivity contribution in [1.29, 1.82) is 0 Å². The van der Waals surface area contributed by atoms with Crippen LogP contribution in [-0.2, 0) is 0 Å². The molecule has 3 nitrogen and oxygen atoms in total. The Kier molecular flexibility index (Phi) is 5.82. The van der Waals surface area contributed by atoms with Gasteiger partial charge in [0.1, 0.15) is 5.69 Å². The van der Waals surface area contributed by atoms with Crippen molar-refractivity contribution in [3.8, 4) is 44.9 Å². The van der Waals surface area contributed by atoms with Gasteiger partial charge >= 0.3 is 0 Å². The monoisotopic (exact) mass is 573 g/mol. The summed E-state index contributed by atoms with van der Waals surface area (Å²) in [6.07, 6.45) is 1.84. The van der Waals surface area contributed by atoms with Crippen molar-refractivity contribution in [2.75, 3.05) is 0 Å². The predicted molar refractivity (Wildman–Crippen MR) is 187 cm³/mol. The van der Waals surface area contributed by atoms with Gasteiger partial charge in [-0.3, -0.25) is 4.98 Å². The molecule has 9 rings (SSSR count). The first-order valence-corrected chi connectivity index (χ1v) is 15.3. The van der Waals surface area contributed by atoms with Gasteiger partial charge in [0.25, 0.3) is 0 Å². The summed E-state index contributed by atoms with van der Waals surface area (Å²) in [5.74, 6) is 0. The smallest absolute Gasteiger partial charge is 0.101 e. The number of hydrogen-bond acceptors (Lipinski definition) is 2. The third kappa shape index (κ3) is 4.13. The van der Waals surface area contributed by atoms with E-state index in [4.69, 9.17) is 10.1 Å². The number of fused-ring (bicyclic) bond motifs is 5. The Morgan fingerprint density at radius 3 is 1.64 bits per heavy atom. The van der Waals surface area contributed by atoms with E-state index in [0.29, 0.717) is 0 Å². The van der Waals surface area contributed by atoms with Gasteiger partial charge in [-0.15, -0.1) is 0 Å². The third-order valence-electron chi connectivity index (χ3n) is 8.83. The summed E-state index contributed by atoms with van der Waals surface area (Å²) in [4.78, 5) is 4.72. The van der Waals surface area contributed by atoms with Crippen LogP contribution in [0.5, 0.6) is 0 Å². The Hall–Kier alpha value is -6.06. The molecule has 0 unspecified atom stereocenters. The molecule has 0 amide bonds. The van der Waals surface area contributed by atoms with Crippen molar-refractivity contribution in [2.45, 2.75) is 0 Å². The maximum atomic E-state index is 5.36. The van der Waals surface area contributed by atoms with Crippen LogP contribution in [0.4, 0.5) is 0 Å². The first kappa shape index (κ1) is 25.4. The highest BCUT2D eigenvalue weighted by Crippen LogP contribution is 2.42. The standard InChI is InChI=1S/C42H27N3/c1-2-12-28(13-3-1)40-41(44-45-38(37-20-10-11-25-43-37)27-33-16-6-9-19-36(33)42(40)45)30-23-21-29(22-24-30)39-34-17-7-4-14-31(34)26-32-15-5-8-18-35(32)39/h1-27H. The topological polar surface area (TPSA) is 30.2 Å². The molecule has 0 saturated carbocycles. The molecule has 3 heterocycles. The van der Waals surface area contributed by atoms with Crippen LogP contribution >= 0.6 is 0 Å². The van der Waals surface area contributed by atoms with Gasteiger partial charge in [0.2, 0.25) is 0 Å². The highest BCUT2D eigenvalue weighted by molar-refractivity contribution is 6.13. The van der Waals surface area contributed by atoms with Gasteiger partial charge < -0.3 is 0 Å². The van der Waals surface area contributed by atoms with Crippen molar-refractivity contribution in [3.05, 3.63) is 164 Å². The summed E-state index contributed by atoms with van der Waals surface area (Å²) >= 11 is 0. The fourth-order valence-corrected chi connectivity index (χ4v) is 6.78. The Balaban J connectivity index is 1.32. The normalized spacial score (nSPS) is 11.6. The SMILES string of the molecule is c1ccc(-c2c(-c3ccc(-c4c5ccccc5cc5ccccc45)cc3)nn3c(-c4ccccn4)cc4ccccc4c23)cc1. The van der Waals surface area contributed by atoms with E-state index in [2.05, 4.69) is 150 Å². The van der Waals surface area contributed by atoms with Crippen molar-refractivity contribution >= 4 is 37.8 Å². The molecule has 6 aromatic carbocycles. The highest BCUT2D eigenvalue weighted by atomic mass is 15.2. The van der Waals surface area contributed by atoms with Gasteiger partial charge in [-0.2, -0.15) is 5.10 Å². The molecule has 0 fully saturated rings. The van der Waals surface area contributed by atoms with E-state index in [1.807, 2.05) is 18.3 Å². The molecule has 0 spiro atoms. The van der Waals surface area contributed by atoms with Crippen LogP contribution in [0.1, 0.15) is 0 Å². The Morgan fingerprint density at radius 2 is 0.978 bits per heavy atom. The van der Waals surface area contributed by atoms with Crippen LogP contribution in [0.25, 0.3) is 82.7 Å². The Morgan fingerprint density at radius 1 is 0.422 bits per heavy atom. The average molecular weight is 574 g/mol. The molecule has 9 aromatic rings. The van der Waals surface area contributed by atoms with E-state index < -0.39 is 0 Å². The zero-order valence-electron chi connectivity index (χ0n) is 24.4. The maximum Gasteiger partial charge on any atom is 0.101 e. The molecule has 0 atom stereocenters. The summed E-state index contributed by atoms with van der Waals surface area (Å²) in [5, 5.41) is 12.7. The Labute approximate surface area is 260 Å². The second-order valence-corrected chi connectivity index (χ2v) is 11.5. The molecule has 0 aliphatic rings. The van der Waals surface area contributed by atoms with Crippen molar-refractivity contribution in [2.24, 2.45) is 0 Å². The molecule has 0 radical (unpaired) electrons. The van der Waals surface area contributed by atoms with Crippen LogP contribution in [0.2, 0.25) is 0 Å². The molecule has 210 valence electrons. The van der Waals surface area contributed by atoms with Crippen LogP contribution in [-0.4, -0.2) is 14.6 Å². The quantitative estimate of drug-likeness (QED) is 0.196. The largest absolute Gasteiger partial charge is 0.255 e. The minimum atomic E-state index is 0.889. The fraction of sp³-hybridized carbons (Fsp3) is 0. The van der Waals surface area contributed by atoms with E-state index in [-0.39, 0.29) is 0 Å². The number of pyridine rings is 2. The summed E-state index contributed by atoms with van der Waals surface area (Å²) in [6.45, 7) is 0. The fourth-order valence-electron chi connectivity index (χ4n) is 6.78. The van der Waals surface area contributed by atoms with Crippen molar-refractivity contribution < 1.29 is 0 Å². The number of aromatic nitrogens is 3. The zero-order chi connectivity index (χ0) is 29.7. The van der Waals surface area contributed by atoms with E-state index in [1.54, 1.807) is 0 Å². The molecule has 0 aliphatic carbocycles. The first-order valence-electron chi connectivity index (χ1n) is 15.3. The summed E-state index contributed by atoms with van der Waals surface area (Å²) in [6, 6.07) is 56.0. The summed E-state index contributed by atoms with van der Waals surface area (Å²) in [5.41, 5.74) is 9.66. The molecule has 0 aliphatic heterocycles. The van der Waals surface area contributed by atoms with E-state index >= 15 is 0 Å². The molecular formula is C42H27N3.